The Labute approximate surface area is 160 Å². The second-order valence-corrected chi connectivity index (χ2v) is 8.33. The van der Waals surface area contributed by atoms with Gasteiger partial charge < -0.3 is 9.84 Å². The Morgan fingerprint density at radius 2 is 1.88 bits per heavy atom. The molecule has 0 aliphatic carbocycles. The number of carbonyl (C=O) groups excluding carboxylic acids is 1. The van der Waals surface area contributed by atoms with E-state index in [2.05, 4.69) is 0 Å². The Kier molecular flexibility index (Phi) is 9.30. The molecule has 1 N–H and O–H groups in total. The van der Waals surface area contributed by atoms with Gasteiger partial charge in [-0.25, -0.2) is 4.79 Å². The van der Waals surface area contributed by atoms with Crippen LogP contribution in [-0.2, 0) is 16.1 Å². The fourth-order valence-electron chi connectivity index (χ4n) is 2.17. The number of hydrogen-bond acceptors (Lipinski definition) is 5. The van der Waals surface area contributed by atoms with Gasteiger partial charge in [0.2, 0.25) is 0 Å². The zero-order valence-corrected chi connectivity index (χ0v) is 15.6. The average molecular weight is 349 g/mol. The molecule has 0 bridgehead atoms. The molecule has 0 fully saturated rings. The van der Waals surface area contributed by atoms with Crippen LogP contribution in [0.2, 0.25) is 0 Å². The van der Waals surface area contributed by atoms with Gasteiger partial charge in [0.25, 0.3) is 0 Å². The molecule has 0 unspecified atom stereocenters. The van der Waals surface area contributed by atoms with Crippen LogP contribution < -0.4 is 0 Å². The fourth-order valence-corrected chi connectivity index (χ4v) is 3.12. The van der Waals surface area contributed by atoms with Gasteiger partial charge in [0, 0.05) is 11.4 Å². The summed E-state index contributed by atoms with van der Waals surface area (Å²) >= 11 is 1.35. The predicted molar refractivity (Wildman–Crippen MR) is 99.0 cm³/mol. The van der Waals surface area contributed by atoms with Crippen LogP contribution in [0, 0.1) is 5.92 Å². The molecule has 1 atom stereocenters. The van der Waals surface area contributed by atoms with Crippen molar-refractivity contribution in [2.75, 3.05) is 7.05 Å². The molecule has 0 amide bonds. The quantitative estimate of drug-likeness (QED) is 0.605. The van der Waals surface area contributed by atoms with Gasteiger partial charge >= 0.3 is 30.8 Å². The molecule has 1 heterocycles. The number of carbonyl (C=O) groups is 2. The first-order chi connectivity index (χ1) is 10.5. The van der Waals surface area contributed by atoms with Crippen LogP contribution in [-0.4, -0.2) is 59.5 Å². The van der Waals surface area contributed by atoms with Crippen LogP contribution in [0.15, 0.2) is 12.1 Å². The van der Waals surface area contributed by atoms with Gasteiger partial charge in [-0.1, -0.05) is 13.8 Å². The molecule has 1 rings (SSSR count). The van der Waals surface area contributed by atoms with Gasteiger partial charge in [0.15, 0.2) is 0 Å². The number of hydrogen-bond donors (Lipinski definition) is 1. The van der Waals surface area contributed by atoms with E-state index in [0.717, 1.165) is 4.88 Å². The molecule has 1 aromatic heterocycles. The molecule has 132 valence electrons. The van der Waals surface area contributed by atoms with E-state index in [1.54, 1.807) is 13.1 Å². The third kappa shape index (κ3) is 7.85. The number of esters is 1. The average Bonchev–Trinajstić information content (AvgIpc) is 2.81. The molecular weight excluding hydrogens is 321 g/mol. The second kappa shape index (κ2) is 9.62. The summed E-state index contributed by atoms with van der Waals surface area (Å²) in [6, 6.07) is 3.07. The summed E-state index contributed by atoms with van der Waals surface area (Å²) in [6.07, 6.45) is 0.593. The molecule has 5 nitrogen and oxygen atoms in total. The summed E-state index contributed by atoms with van der Waals surface area (Å²) in [5.74, 6) is -0.849. The van der Waals surface area contributed by atoms with E-state index in [0.29, 0.717) is 23.8 Å². The standard InChI is InChI=1S/C17H27NO4S.Li.H/c1-11(2)9-13(15(19)20)18(6)10-12-7-8-14(23-12)16(21)22-17(3,4)5;;/h7-8,11,13H,9-10H2,1-6H3,(H,19,20);;/t13-;;/m0../s1. The number of nitrogens with zero attached hydrogens (tertiary/aromatic N) is 1. The van der Waals surface area contributed by atoms with E-state index < -0.39 is 17.6 Å². The molecule has 0 spiro atoms. The van der Waals surface area contributed by atoms with Crippen LogP contribution >= 0.6 is 11.3 Å². The first kappa shape index (κ1) is 23.2. The monoisotopic (exact) mass is 349 g/mol. The van der Waals surface area contributed by atoms with E-state index >= 15 is 0 Å². The van der Waals surface area contributed by atoms with Crippen molar-refractivity contribution in [1.29, 1.82) is 0 Å². The predicted octanol–water partition coefficient (Wildman–Crippen LogP) is 2.99. The first-order valence-corrected chi connectivity index (χ1v) is 8.56. The van der Waals surface area contributed by atoms with E-state index in [-0.39, 0.29) is 24.8 Å². The van der Waals surface area contributed by atoms with Gasteiger partial charge in [-0.3, -0.25) is 9.69 Å². The Morgan fingerprint density at radius 1 is 1.29 bits per heavy atom. The first-order valence-electron chi connectivity index (χ1n) is 7.74. The van der Waals surface area contributed by atoms with Gasteiger partial charge in [-0.15, -0.1) is 11.3 Å². The van der Waals surface area contributed by atoms with Crippen LogP contribution in [0.1, 0.15) is 55.6 Å². The summed E-state index contributed by atoms with van der Waals surface area (Å²) in [7, 11) is 1.80. The van der Waals surface area contributed by atoms with Gasteiger partial charge in [0.05, 0.1) is 0 Å². The maximum absolute atomic E-state index is 12.0. The summed E-state index contributed by atoms with van der Waals surface area (Å²) < 4.78 is 5.34. The van der Waals surface area contributed by atoms with Crippen molar-refractivity contribution in [1.82, 2.24) is 4.90 Å². The summed E-state index contributed by atoms with van der Waals surface area (Å²) in [5.41, 5.74) is -0.524. The molecule has 0 aliphatic rings. The third-order valence-electron chi connectivity index (χ3n) is 3.18. The second-order valence-electron chi connectivity index (χ2n) is 7.17. The number of aliphatic carboxylic acids is 1. The Hall–Kier alpha value is -0.803. The third-order valence-corrected chi connectivity index (χ3v) is 4.23. The van der Waals surface area contributed by atoms with Crippen molar-refractivity contribution < 1.29 is 19.4 Å². The Morgan fingerprint density at radius 3 is 2.33 bits per heavy atom. The van der Waals surface area contributed by atoms with Crippen LogP contribution in [0.3, 0.4) is 0 Å². The van der Waals surface area contributed by atoms with Crippen molar-refractivity contribution in [3.8, 4) is 0 Å². The van der Waals surface area contributed by atoms with E-state index in [1.807, 2.05) is 45.6 Å². The minimum atomic E-state index is -0.815. The fraction of sp³-hybridized carbons (Fsp3) is 0.647. The molecule has 0 saturated carbocycles. The maximum atomic E-state index is 12.0. The molecule has 0 radical (unpaired) electrons. The summed E-state index contributed by atoms with van der Waals surface area (Å²) in [6.45, 7) is 10.0. The van der Waals surface area contributed by atoms with Gasteiger partial charge in [-0.05, 0) is 52.3 Å². The number of carboxylic acids is 1. The van der Waals surface area contributed by atoms with E-state index in [9.17, 15) is 14.7 Å². The van der Waals surface area contributed by atoms with Gasteiger partial charge in [0.1, 0.15) is 16.5 Å². The number of ether oxygens (including phenoxy) is 1. The molecule has 0 saturated heterocycles. The zero-order chi connectivity index (χ0) is 17.8. The Bertz CT molecular complexity index is 551. The van der Waals surface area contributed by atoms with Crippen molar-refractivity contribution in [3.05, 3.63) is 21.9 Å². The SMILES string of the molecule is CC(C)C[C@@H](C(=O)O)N(C)Cc1ccc(C(=O)OC(C)(C)C)s1.[LiH]. The molecule has 0 aromatic carbocycles. The summed E-state index contributed by atoms with van der Waals surface area (Å²) in [5, 5.41) is 9.38. The van der Waals surface area contributed by atoms with E-state index in [1.165, 1.54) is 11.3 Å². The van der Waals surface area contributed by atoms with Crippen molar-refractivity contribution in [2.24, 2.45) is 5.92 Å². The van der Waals surface area contributed by atoms with E-state index in [4.69, 9.17) is 4.74 Å². The summed E-state index contributed by atoms with van der Waals surface area (Å²) in [4.78, 5) is 26.8. The topological polar surface area (TPSA) is 66.8 Å². The zero-order valence-electron chi connectivity index (χ0n) is 14.8. The number of likely N-dealkylation sites (N-methyl/N-ethyl adjacent to an activating group) is 1. The number of carboxylic acid groups (broad SMARTS) is 1. The van der Waals surface area contributed by atoms with Crippen LogP contribution in [0.4, 0.5) is 0 Å². The molecule has 1 aromatic rings. The van der Waals surface area contributed by atoms with Crippen LogP contribution in [0.25, 0.3) is 0 Å². The van der Waals surface area contributed by atoms with Crippen molar-refractivity contribution >= 4 is 42.1 Å². The van der Waals surface area contributed by atoms with Crippen molar-refractivity contribution in [2.45, 2.75) is 59.2 Å². The molecule has 24 heavy (non-hydrogen) atoms. The van der Waals surface area contributed by atoms with Crippen LogP contribution in [0.5, 0.6) is 0 Å². The van der Waals surface area contributed by atoms with Crippen molar-refractivity contribution in [3.63, 3.8) is 0 Å². The molecule has 7 heteroatoms. The minimum absolute atomic E-state index is 0. The Balaban J connectivity index is 0.00000529. The molecular formula is C17H28LiNO4S. The normalized spacial score (nSPS) is 12.8. The van der Waals surface area contributed by atoms with Gasteiger partial charge in [-0.2, -0.15) is 0 Å². The number of rotatable bonds is 7. The molecule has 0 aliphatic heterocycles. The number of thiophene rings is 1.